The number of ether oxygens (including phenoxy) is 1. The summed E-state index contributed by atoms with van der Waals surface area (Å²) in [6.07, 6.45) is 3.72. The normalized spacial score (nSPS) is 13.1. The molecule has 5 aromatic heterocycles. The second kappa shape index (κ2) is 14.8. The fraction of sp³-hybridized carbons (Fsp3) is 0.0152. The van der Waals surface area contributed by atoms with Gasteiger partial charge < -0.3 is 18.4 Å². The molecule has 2 aliphatic rings. The fourth-order valence-corrected chi connectivity index (χ4v) is 12.6. The standard InChI is InChI=1S/C66H38N6O/c1-67-42-24-33-61-51(38-42)49-15-5-9-21-59(49)72(61)45-29-31-53-63(39-45)73-62-37-41(22-30-52(62)66(53)54-16-10-34-68-64(54)65-55(66)17-11-35-69-65)40-23-32-60-50(36-40)48-14-4-8-20-58(48)71(60)44-27-25-43(26-28-44)70-56-18-6-2-12-46(56)47-13-3-7-19-57(47)70/h2-39H. The number of hydrogen-bond donors (Lipinski definition) is 0. The summed E-state index contributed by atoms with van der Waals surface area (Å²) in [5.74, 6) is 1.54. The maximum absolute atomic E-state index is 7.77. The van der Waals surface area contributed by atoms with Crippen LogP contribution in [-0.2, 0) is 5.41 Å². The Bertz CT molecular complexity index is 4640. The van der Waals surface area contributed by atoms with Gasteiger partial charge in [-0.25, -0.2) is 4.85 Å². The first-order valence-corrected chi connectivity index (χ1v) is 24.6. The monoisotopic (exact) mass is 930 g/mol. The van der Waals surface area contributed by atoms with Crippen LogP contribution >= 0.6 is 0 Å². The van der Waals surface area contributed by atoms with Gasteiger partial charge in [-0.15, -0.1) is 0 Å². The summed E-state index contributed by atoms with van der Waals surface area (Å²) in [5.41, 5.74) is 18.0. The van der Waals surface area contributed by atoms with Crippen LogP contribution in [-0.4, -0.2) is 23.7 Å². The Morgan fingerprint density at radius 2 is 0.781 bits per heavy atom. The highest BCUT2D eigenvalue weighted by Crippen LogP contribution is 2.62. The third-order valence-electron chi connectivity index (χ3n) is 15.6. The molecule has 0 saturated heterocycles. The average molecular weight is 931 g/mol. The molecule has 1 aliphatic carbocycles. The highest BCUT2D eigenvalue weighted by molar-refractivity contribution is 6.12. The average Bonchev–Trinajstić information content (AvgIpc) is 4.17. The van der Waals surface area contributed by atoms with Gasteiger partial charge in [0.2, 0.25) is 0 Å². The van der Waals surface area contributed by atoms with E-state index in [0.29, 0.717) is 5.69 Å². The molecule has 16 rings (SSSR count). The summed E-state index contributed by atoms with van der Waals surface area (Å²) in [7, 11) is 0. The predicted octanol–water partition coefficient (Wildman–Crippen LogP) is 16.5. The van der Waals surface area contributed by atoms with E-state index in [1.54, 1.807) is 0 Å². The van der Waals surface area contributed by atoms with E-state index in [9.17, 15) is 0 Å². The largest absolute Gasteiger partial charge is 0.457 e. The summed E-state index contributed by atoms with van der Waals surface area (Å²) in [6.45, 7) is 7.77. The third kappa shape index (κ3) is 5.36. The molecule has 9 aromatic carbocycles. The van der Waals surface area contributed by atoms with E-state index in [-0.39, 0.29) is 0 Å². The molecule has 6 heterocycles. The molecule has 0 fully saturated rings. The molecule has 338 valence electrons. The third-order valence-corrected chi connectivity index (χ3v) is 15.6. The van der Waals surface area contributed by atoms with Crippen LogP contribution in [0.1, 0.15) is 22.3 Å². The summed E-state index contributed by atoms with van der Waals surface area (Å²) in [4.78, 5) is 13.7. The Kier molecular flexibility index (Phi) is 8.04. The molecule has 0 N–H and O–H groups in total. The molecule has 0 unspecified atom stereocenters. The van der Waals surface area contributed by atoms with Gasteiger partial charge in [0.25, 0.3) is 0 Å². The van der Waals surface area contributed by atoms with Crippen LogP contribution in [0.25, 0.3) is 110 Å². The van der Waals surface area contributed by atoms with Crippen molar-refractivity contribution >= 4 is 71.1 Å². The van der Waals surface area contributed by atoms with Crippen LogP contribution in [0.15, 0.2) is 231 Å². The second-order valence-corrected chi connectivity index (χ2v) is 19.2. The van der Waals surface area contributed by atoms with Crippen LogP contribution in [0.5, 0.6) is 11.5 Å². The maximum Gasteiger partial charge on any atom is 0.188 e. The van der Waals surface area contributed by atoms with Crippen molar-refractivity contribution in [3.8, 4) is 51.1 Å². The molecule has 0 radical (unpaired) electrons. The molecular formula is C66H38N6O. The maximum atomic E-state index is 7.77. The summed E-state index contributed by atoms with van der Waals surface area (Å²) in [5, 5.41) is 7.00. The lowest BCUT2D eigenvalue weighted by Crippen LogP contribution is -2.32. The first kappa shape index (κ1) is 39.8. The first-order valence-electron chi connectivity index (χ1n) is 24.6. The molecular weight excluding hydrogens is 893 g/mol. The van der Waals surface area contributed by atoms with Gasteiger partial charge in [0, 0.05) is 73.6 Å². The molecule has 7 heteroatoms. The lowest BCUT2D eigenvalue weighted by atomic mass is 9.66. The molecule has 7 nitrogen and oxygen atoms in total. The topological polar surface area (TPSA) is 54.2 Å². The molecule has 73 heavy (non-hydrogen) atoms. The Morgan fingerprint density at radius 3 is 1.34 bits per heavy atom. The zero-order valence-electron chi connectivity index (χ0n) is 39.0. The Morgan fingerprint density at radius 1 is 0.356 bits per heavy atom. The van der Waals surface area contributed by atoms with E-state index in [0.717, 1.165) is 106 Å². The summed E-state index contributed by atoms with van der Waals surface area (Å²) >= 11 is 0. The number of benzene rings is 9. The SMILES string of the molecule is [C-]#[N+]c1ccc2c(c1)c1ccccc1n2-c1ccc2c(c1)Oc1cc(-c3ccc4c(c3)c3ccccc3n4-c3ccc(-n4c5ccccc5c5ccccc54)cc3)ccc1C21c2cccnc2-c2ncccc21. The van der Waals surface area contributed by atoms with E-state index in [2.05, 4.69) is 213 Å². The van der Waals surface area contributed by atoms with Gasteiger partial charge in [0.1, 0.15) is 11.5 Å². The number of pyridine rings is 2. The van der Waals surface area contributed by atoms with Crippen molar-refractivity contribution in [3.05, 3.63) is 264 Å². The van der Waals surface area contributed by atoms with Gasteiger partial charge in [-0.2, -0.15) is 0 Å². The molecule has 1 spiro atoms. The fourth-order valence-electron chi connectivity index (χ4n) is 12.6. The van der Waals surface area contributed by atoms with Crippen LogP contribution in [0.2, 0.25) is 0 Å². The van der Waals surface area contributed by atoms with Crippen molar-refractivity contribution < 1.29 is 4.74 Å². The molecule has 0 saturated carbocycles. The minimum Gasteiger partial charge on any atom is -0.457 e. The van der Waals surface area contributed by atoms with Crippen molar-refractivity contribution in [2.75, 3.05) is 0 Å². The van der Waals surface area contributed by atoms with Crippen molar-refractivity contribution in [1.29, 1.82) is 0 Å². The van der Waals surface area contributed by atoms with Crippen LogP contribution < -0.4 is 4.74 Å². The van der Waals surface area contributed by atoms with Gasteiger partial charge in [0.15, 0.2) is 5.69 Å². The Labute approximate surface area is 418 Å². The van der Waals surface area contributed by atoms with Crippen LogP contribution in [0.4, 0.5) is 5.69 Å². The van der Waals surface area contributed by atoms with E-state index in [1.807, 2.05) is 36.7 Å². The van der Waals surface area contributed by atoms with Gasteiger partial charge in [-0.1, -0.05) is 115 Å². The van der Waals surface area contributed by atoms with Crippen molar-refractivity contribution in [2.45, 2.75) is 5.41 Å². The van der Waals surface area contributed by atoms with Gasteiger partial charge in [0.05, 0.1) is 56.5 Å². The number of rotatable bonds is 4. The zero-order chi connectivity index (χ0) is 47.9. The number of hydrogen-bond acceptors (Lipinski definition) is 3. The minimum atomic E-state index is -0.743. The van der Waals surface area contributed by atoms with Crippen LogP contribution in [0, 0.1) is 6.57 Å². The molecule has 0 atom stereocenters. The predicted molar refractivity (Wildman–Crippen MR) is 294 cm³/mol. The van der Waals surface area contributed by atoms with Crippen LogP contribution in [0.3, 0.4) is 0 Å². The first-order chi connectivity index (χ1) is 36.2. The minimum absolute atomic E-state index is 0.617. The van der Waals surface area contributed by atoms with Gasteiger partial charge in [-0.3, -0.25) is 9.97 Å². The number of fused-ring (bicyclic) bond motifs is 18. The van der Waals surface area contributed by atoms with E-state index < -0.39 is 5.41 Å². The summed E-state index contributed by atoms with van der Waals surface area (Å²) in [6, 6.07) is 78.0. The summed E-state index contributed by atoms with van der Waals surface area (Å²) < 4.78 is 14.3. The molecule has 0 amide bonds. The molecule has 0 bridgehead atoms. The number of aromatic nitrogens is 5. The van der Waals surface area contributed by atoms with Crippen molar-refractivity contribution in [1.82, 2.24) is 23.7 Å². The second-order valence-electron chi connectivity index (χ2n) is 19.2. The molecule has 1 aliphatic heterocycles. The molecule has 14 aromatic rings. The zero-order valence-corrected chi connectivity index (χ0v) is 39.0. The van der Waals surface area contributed by atoms with E-state index in [1.165, 1.54) is 32.6 Å². The van der Waals surface area contributed by atoms with E-state index in [4.69, 9.17) is 21.3 Å². The highest BCUT2D eigenvalue weighted by Gasteiger charge is 2.52. The van der Waals surface area contributed by atoms with Crippen molar-refractivity contribution in [2.24, 2.45) is 0 Å². The van der Waals surface area contributed by atoms with E-state index >= 15 is 0 Å². The van der Waals surface area contributed by atoms with Gasteiger partial charge >= 0.3 is 0 Å². The quantitative estimate of drug-likeness (QED) is 0.165. The number of nitrogens with zero attached hydrogens (tertiary/aromatic N) is 6. The van der Waals surface area contributed by atoms with Gasteiger partial charge in [-0.05, 0) is 125 Å². The number of para-hydroxylation sites is 4. The lowest BCUT2D eigenvalue weighted by molar-refractivity contribution is 0.436. The Balaban J connectivity index is 0.853. The highest BCUT2D eigenvalue weighted by atomic mass is 16.5. The smallest absolute Gasteiger partial charge is 0.188 e. The van der Waals surface area contributed by atoms with Crippen molar-refractivity contribution in [3.63, 3.8) is 0 Å². The lowest BCUT2D eigenvalue weighted by Gasteiger charge is -2.39. The Hall–Kier alpha value is -10.0.